The van der Waals surface area contributed by atoms with Crippen LogP contribution in [0.25, 0.3) is 0 Å². The molecule has 286 valence electrons. The molecule has 2 aromatic carbocycles. The maximum absolute atomic E-state index is 12.1. The first-order valence-corrected chi connectivity index (χ1v) is 18.4. The highest BCUT2D eigenvalue weighted by Gasteiger charge is 2.65. The van der Waals surface area contributed by atoms with Crippen molar-refractivity contribution in [3.63, 3.8) is 0 Å². The van der Waals surface area contributed by atoms with Crippen LogP contribution in [0.5, 0.6) is 11.5 Å². The molecule has 2 aromatic rings. The summed E-state index contributed by atoms with van der Waals surface area (Å²) in [6.45, 7) is 17.1. The summed E-state index contributed by atoms with van der Waals surface area (Å²) < 4.78 is 32.5. The third kappa shape index (κ3) is 9.72. The third-order valence-corrected chi connectivity index (χ3v) is 10.9. The van der Waals surface area contributed by atoms with Crippen LogP contribution in [-0.2, 0) is 55.7 Å². The van der Waals surface area contributed by atoms with E-state index in [0.717, 1.165) is 25.7 Å². The topological polar surface area (TPSA) is 144 Å². The van der Waals surface area contributed by atoms with Gasteiger partial charge in [0.05, 0.1) is 34.4 Å². The van der Waals surface area contributed by atoms with Crippen molar-refractivity contribution in [3.8, 4) is 11.5 Å². The standard InChI is InChI=1S/C16H22O3.C13H18O5.C12H16O3/c1-4-16(2,3)15(17)19-11-18-14-9-12-7-5-6-8-13(12)10-14;1-4-13(2,3)12(15)18-9-7-5-6-8(16-7)10(9)17-11(6)14;1-4-12(2,3)11(14)15-10-7-5-9(13)6-8-10/h5-8,14H,4,9-11H2,1-3H3;6-10H,4-5H2,1-3H3;5-8,13H,4H2,1-3H3. The second-order valence-corrected chi connectivity index (χ2v) is 15.9. The molecule has 5 unspecified atom stereocenters. The molecule has 2 bridgehead atoms. The molecule has 0 radical (unpaired) electrons. The lowest BCUT2D eigenvalue weighted by Crippen LogP contribution is -2.42. The van der Waals surface area contributed by atoms with Crippen LogP contribution < -0.4 is 4.74 Å². The number of aromatic hydroxyl groups is 1. The zero-order chi connectivity index (χ0) is 38.4. The maximum Gasteiger partial charge on any atom is 0.316 e. The molecule has 0 aromatic heterocycles. The number of rotatable bonds is 11. The monoisotopic (exact) mass is 724 g/mol. The SMILES string of the molecule is CCC(C)(C)C(=O)OC1C2CC3C(=O)OC1C3O2.CCC(C)(C)C(=O)OCOC1Cc2ccccc2C1.CCC(C)(C)C(=O)Oc1ccc(O)cc1. The molecule has 3 saturated heterocycles. The number of phenols is 1. The minimum atomic E-state index is -0.510. The molecule has 3 fully saturated rings. The number of ether oxygens (including phenoxy) is 6. The van der Waals surface area contributed by atoms with Crippen LogP contribution in [0.3, 0.4) is 0 Å². The lowest BCUT2D eigenvalue weighted by atomic mass is 9.87. The Morgan fingerprint density at radius 3 is 1.87 bits per heavy atom. The molecular formula is C41H56O11. The smallest absolute Gasteiger partial charge is 0.316 e. The first-order chi connectivity index (χ1) is 24.4. The normalized spacial score (nSPS) is 23.0. The third-order valence-electron chi connectivity index (χ3n) is 10.9. The summed E-state index contributed by atoms with van der Waals surface area (Å²) in [5.74, 6) is -0.425. The molecule has 11 heteroatoms. The van der Waals surface area contributed by atoms with Gasteiger partial charge in [0.1, 0.15) is 17.6 Å². The summed E-state index contributed by atoms with van der Waals surface area (Å²) in [7, 11) is 0. The van der Waals surface area contributed by atoms with Crippen molar-refractivity contribution >= 4 is 23.9 Å². The van der Waals surface area contributed by atoms with E-state index in [2.05, 4.69) is 12.1 Å². The Morgan fingerprint density at radius 2 is 1.31 bits per heavy atom. The van der Waals surface area contributed by atoms with Gasteiger partial charge in [0.2, 0.25) is 0 Å². The summed E-state index contributed by atoms with van der Waals surface area (Å²) in [6, 6.07) is 14.5. The van der Waals surface area contributed by atoms with Crippen LogP contribution in [-0.4, -0.2) is 66.3 Å². The number of carbonyl (C=O) groups excluding carboxylic acids is 4. The molecule has 1 aliphatic carbocycles. The number of hydrogen-bond acceptors (Lipinski definition) is 11. The predicted octanol–water partition coefficient (Wildman–Crippen LogP) is 6.89. The highest BCUT2D eigenvalue weighted by Crippen LogP contribution is 2.48. The van der Waals surface area contributed by atoms with Gasteiger partial charge in [-0.3, -0.25) is 19.2 Å². The van der Waals surface area contributed by atoms with Gasteiger partial charge in [-0.05, 0) is 115 Å². The van der Waals surface area contributed by atoms with E-state index in [1.165, 1.54) is 23.3 Å². The minimum absolute atomic E-state index is 0.0565. The number of fused-ring (bicyclic) bond motifs is 2. The number of benzene rings is 2. The largest absolute Gasteiger partial charge is 0.508 e. The predicted molar refractivity (Wildman–Crippen MR) is 192 cm³/mol. The van der Waals surface area contributed by atoms with E-state index in [-0.39, 0.29) is 60.6 Å². The van der Waals surface area contributed by atoms with Crippen molar-refractivity contribution in [1.29, 1.82) is 0 Å². The Hall–Kier alpha value is -3.96. The fourth-order valence-electron chi connectivity index (χ4n) is 5.87. The Bertz CT molecular complexity index is 1540. The lowest BCUT2D eigenvalue weighted by Gasteiger charge is -2.27. The van der Waals surface area contributed by atoms with E-state index in [1.54, 1.807) is 12.1 Å². The van der Waals surface area contributed by atoms with Crippen molar-refractivity contribution in [2.45, 2.75) is 131 Å². The minimum Gasteiger partial charge on any atom is -0.508 e. The summed E-state index contributed by atoms with van der Waals surface area (Å²) in [5.41, 5.74) is 1.27. The average Bonchev–Trinajstić information content (AvgIpc) is 3.87. The van der Waals surface area contributed by atoms with Crippen molar-refractivity contribution < 1.29 is 52.7 Å². The van der Waals surface area contributed by atoms with Gasteiger partial charge < -0.3 is 33.5 Å². The summed E-state index contributed by atoms with van der Waals surface area (Å²) >= 11 is 0. The molecule has 3 aliphatic heterocycles. The summed E-state index contributed by atoms with van der Waals surface area (Å²) in [4.78, 5) is 47.1. The van der Waals surface area contributed by atoms with Crippen LogP contribution in [0.1, 0.15) is 99.1 Å². The van der Waals surface area contributed by atoms with E-state index >= 15 is 0 Å². The van der Waals surface area contributed by atoms with Gasteiger partial charge in [0.15, 0.2) is 19.0 Å². The molecule has 5 atom stereocenters. The van der Waals surface area contributed by atoms with Gasteiger partial charge in [-0.2, -0.15) is 0 Å². The Kier molecular flexibility index (Phi) is 13.2. The molecule has 0 spiro atoms. The highest BCUT2D eigenvalue weighted by atomic mass is 16.7. The summed E-state index contributed by atoms with van der Waals surface area (Å²) in [6.07, 6.45) is 3.58. The average molecular weight is 725 g/mol. The van der Waals surface area contributed by atoms with Gasteiger partial charge >= 0.3 is 23.9 Å². The quantitative estimate of drug-likeness (QED) is 0.112. The van der Waals surface area contributed by atoms with E-state index < -0.39 is 28.5 Å². The second-order valence-electron chi connectivity index (χ2n) is 15.9. The van der Waals surface area contributed by atoms with Gasteiger partial charge in [-0.15, -0.1) is 0 Å². The number of phenolic OH excluding ortho intramolecular Hbond substituents is 1. The van der Waals surface area contributed by atoms with Gasteiger partial charge in [-0.25, -0.2) is 0 Å². The van der Waals surface area contributed by atoms with Crippen molar-refractivity contribution in [2.24, 2.45) is 22.2 Å². The first-order valence-electron chi connectivity index (χ1n) is 18.4. The molecule has 3 heterocycles. The molecule has 6 rings (SSSR count). The maximum atomic E-state index is 12.1. The Morgan fingerprint density at radius 1 is 0.769 bits per heavy atom. The van der Waals surface area contributed by atoms with Crippen molar-refractivity contribution in [1.82, 2.24) is 0 Å². The molecule has 4 aliphatic rings. The first kappa shape index (κ1) is 40.8. The van der Waals surface area contributed by atoms with Gasteiger partial charge in [0, 0.05) is 0 Å². The number of esters is 4. The highest BCUT2D eigenvalue weighted by molar-refractivity contribution is 5.79. The molecule has 52 heavy (non-hydrogen) atoms. The molecular weight excluding hydrogens is 668 g/mol. The van der Waals surface area contributed by atoms with E-state index in [9.17, 15) is 19.2 Å². The van der Waals surface area contributed by atoms with Gasteiger partial charge in [0.25, 0.3) is 0 Å². The fourth-order valence-corrected chi connectivity index (χ4v) is 5.87. The van der Waals surface area contributed by atoms with Crippen LogP contribution >= 0.6 is 0 Å². The second kappa shape index (κ2) is 16.8. The lowest BCUT2D eigenvalue weighted by molar-refractivity contribution is -0.170. The number of hydrogen-bond donors (Lipinski definition) is 1. The molecule has 11 nitrogen and oxygen atoms in total. The molecule has 1 N–H and O–H groups in total. The van der Waals surface area contributed by atoms with E-state index in [1.807, 2.05) is 74.4 Å². The zero-order valence-corrected chi connectivity index (χ0v) is 32.1. The number of carbonyl (C=O) groups is 4. The van der Waals surface area contributed by atoms with Crippen molar-refractivity contribution in [3.05, 3.63) is 59.7 Å². The Labute approximate surface area is 307 Å². The Balaban J connectivity index is 0.000000176. The van der Waals surface area contributed by atoms with Gasteiger partial charge in [-0.1, -0.05) is 45.0 Å². The zero-order valence-electron chi connectivity index (χ0n) is 32.1. The van der Waals surface area contributed by atoms with Crippen LogP contribution in [0.4, 0.5) is 0 Å². The fraction of sp³-hybridized carbons (Fsp3) is 0.610. The van der Waals surface area contributed by atoms with Crippen LogP contribution in [0, 0.1) is 22.2 Å². The van der Waals surface area contributed by atoms with E-state index in [0.29, 0.717) is 18.6 Å². The van der Waals surface area contributed by atoms with Crippen LogP contribution in [0.15, 0.2) is 48.5 Å². The van der Waals surface area contributed by atoms with Crippen molar-refractivity contribution in [2.75, 3.05) is 6.79 Å². The van der Waals surface area contributed by atoms with Crippen LogP contribution in [0.2, 0.25) is 0 Å². The molecule has 0 saturated carbocycles. The van der Waals surface area contributed by atoms with E-state index in [4.69, 9.17) is 33.5 Å². The summed E-state index contributed by atoms with van der Waals surface area (Å²) in [5, 5.41) is 9.06. The molecule has 0 amide bonds.